The van der Waals surface area contributed by atoms with Crippen molar-refractivity contribution in [2.24, 2.45) is 10.3 Å². The van der Waals surface area contributed by atoms with Crippen molar-refractivity contribution < 1.29 is 85.7 Å². The first kappa shape index (κ1) is 51.7. The zero-order valence-electron chi connectivity index (χ0n) is 35.5. The third-order valence-electron chi connectivity index (χ3n) is 8.58. The summed E-state index contributed by atoms with van der Waals surface area (Å²) in [5.74, 6) is 4.90. The molecule has 3 heterocycles. The average Bonchev–Trinajstić information content (AvgIpc) is 3.93. The topological polar surface area (TPSA) is 176 Å². The van der Waals surface area contributed by atoms with Crippen LogP contribution in [0.3, 0.4) is 0 Å². The molecule has 16 heteroatoms. The summed E-state index contributed by atoms with van der Waals surface area (Å²) < 4.78 is 58.8. The molecular formula is C45H55N2NaO12S. The van der Waals surface area contributed by atoms with Crippen molar-refractivity contribution in [1.29, 1.82) is 0 Å². The second-order valence-corrected chi connectivity index (χ2v) is 16.7. The van der Waals surface area contributed by atoms with E-state index in [4.69, 9.17) is 50.4 Å². The largest absolute Gasteiger partial charge is 1.00 e. The fourth-order valence-electron chi connectivity index (χ4n) is 5.48. The van der Waals surface area contributed by atoms with Gasteiger partial charge in [0.15, 0.2) is 12.2 Å². The molecule has 0 aliphatic carbocycles. The van der Waals surface area contributed by atoms with Crippen LogP contribution in [0.5, 0.6) is 0 Å². The third kappa shape index (κ3) is 19.9. The summed E-state index contributed by atoms with van der Waals surface area (Å²) in [6, 6.07) is 25.9. The molecular weight excluding hydrogens is 816 g/mol. The molecule has 0 amide bonds. The molecule has 0 radical (unpaired) electrons. The van der Waals surface area contributed by atoms with E-state index >= 15 is 0 Å². The van der Waals surface area contributed by atoms with Crippen LogP contribution in [0.25, 0.3) is 0 Å². The number of ether oxygens (including phenoxy) is 5. The summed E-state index contributed by atoms with van der Waals surface area (Å²) in [6.07, 6.45) is 8.84. The predicted molar refractivity (Wildman–Crippen MR) is 223 cm³/mol. The third-order valence-corrected chi connectivity index (χ3v) is 9.87. The number of aliphatic hydroxyl groups excluding tert-OH is 1. The van der Waals surface area contributed by atoms with E-state index in [-0.39, 0.29) is 79.0 Å². The number of hydrogen-bond acceptors (Lipinski definition) is 14. The van der Waals surface area contributed by atoms with Gasteiger partial charge >= 0.3 is 29.6 Å². The van der Waals surface area contributed by atoms with Crippen LogP contribution in [0.1, 0.15) is 50.3 Å². The first-order chi connectivity index (χ1) is 28.7. The summed E-state index contributed by atoms with van der Waals surface area (Å²) in [7, 11) is -4.00. The van der Waals surface area contributed by atoms with E-state index in [9.17, 15) is 18.6 Å². The molecule has 3 aromatic carbocycles. The second-order valence-electron chi connectivity index (χ2n) is 15.1. The van der Waals surface area contributed by atoms with Crippen molar-refractivity contribution in [3.8, 4) is 24.7 Å². The number of terminal acetylenes is 2. The Hall–Kier alpha value is -3.65. The van der Waals surface area contributed by atoms with Gasteiger partial charge in [-0.05, 0) is 30.2 Å². The van der Waals surface area contributed by atoms with Crippen LogP contribution < -0.4 is 34.7 Å². The van der Waals surface area contributed by atoms with Gasteiger partial charge in [0.1, 0.15) is 35.8 Å². The second kappa shape index (κ2) is 26.7. The number of benzene rings is 3. The molecule has 3 aliphatic rings. The zero-order valence-corrected chi connectivity index (χ0v) is 38.3. The summed E-state index contributed by atoms with van der Waals surface area (Å²) >= 11 is 0. The number of rotatable bonds is 17. The van der Waals surface area contributed by atoms with E-state index in [0.717, 1.165) is 16.7 Å². The standard InChI is InChI=1S/C24H27NO7S.C17H19NO4.C4H9O.Na/c1-3-20-13-23(32-25-20)24(17-31-33(27,28)22-11-9-18(2)10-12-22)30-16-21(26)15-29-14-19-7-5-4-6-8-19;1-2-14-8-16(22-18-14)17-12-20-15(11-21-17)10-19-9-13-6-4-3-5-7-13;1-4(2,3)5;/h1,4-12,21,23-24,26H,13-17H2,2H3;1,3-7,15-17H,8-12H2;1-3H3;/q;;-1;+1/t21-,23+,24-;15-,16+,17-;;/m11../s1. The Morgan fingerprint density at radius 1 is 0.803 bits per heavy atom. The molecule has 6 rings (SSSR count). The van der Waals surface area contributed by atoms with Crippen molar-refractivity contribution in [3.05, 3.63) is 102 Å². The Morgan fingerprint density at radius 3 is 1.92 bits per heavy atom. The fourth-order valence-corrected chi connectivity index (χ4v) is 6.39. The Kier molecular flexibility index (Phi) is 22.7. The van der Waals surface area contributed by atoms with Gasteiger partial charge in [0.25, 0.3) is 10.1 Å². The normalized spacial score (nSPS) is 20.5. The monoisotopic (exact) mass is 870 g/mol. The molecule has 0 bridgehead atoms. The van der Waals surface area contributed by atoms with Gasteiger partial charge in [0.05, 0.1) is 57.8 Å². The number of aryl methyl sites for hydroxylation is 1. The minimum atomic E-state index is -4.00. The van der Waals surface area contributed by atoms with Gasteiger partial charge < -0.3 is 43.6 Å². The molecule has 3 aromatic rings. The Balaban J connectivity index is 0.000000305. The molecule has 324 valence electrons. The summed E-state index contributed by atoms with van der Waals surface area (Å²) in [6.45, 7) is 8.76. The van der Waals surface area contributed by atoms with Crippen LogP contribution in [0, 0.1) is 31.6 Å². The van der Waals surface area contributed by atoms with Gasteiger partial charge in [0.2, 0.25) is 0 Å². The van der Waals surface area contributed by atoms with Crippen molar-refractivity contribution in [3.63, 3.8) is 0 Å². The van der Waals surface area contributed by atoms with Crippen LogP contribution in [0.15, 0.2) is 100 Å². The van der Waals surface area contributed by atoms with Crippen LogP contribution >= 0.6 is 0 Å². The fraction of sp³-hybridized carbons (Fsp3) is 0.467. The van der Waals surface area contributed by atoms with Gasteiger partial charge in [-0.25, -0.2) is 0 Å². The van der Waals surface area contributed by atoms with E-state index in [0.29, 0.717) is 50.9 Å². The molecule has 1 N–H and O–H groups in total. The van der Waals surface area contributed by atoms with Crippen LogP contribution in [0.2, 0.25) is 0 Å². The molecule has 14 nitrogen and oxygen atoms in total. The SMILES string of the molecule is C#CC1=NO[C@H]([C@@H](COS(=O)(=O)c2ccc(C)cc2)OC[C@H](O)COCc2ccccc2)C1.C#CC1=NO[C@H]([C@H]2CO[C@H](COCc3ccccc3)CO2)C1.CC(C)(C)[O-].[Na+]. The van der Waals surface area contributed by atoms with E-state index < -0.39 is 34.0 Å². The minimum Gasteiger partial charge on any atom is -0.850 e. The van der Waals surface area contributed by atoms with Crippen LogP contribution in [0.4, 0.5) is 0 Å². The van der Waals surface area contributed by atoms with Crippen molar-refractivity contribution in [2.75, 3.05) is 39.6 Å². The molecule has 1 fully saturated rings. The first-order valence-corrected chi connectivity index (χ1v) is 20.9. The molecule has 0 spiro atoms. The molecule has 6 atom stereocenters. The molecule has 1 saturated heterocycles. The zero-order chi connectivity index (χ0) is 43.4. The van der Waals surface area contributed by atoms with Crippen molar-refractivity contribution in [1.82, 2.24) is 0 Å². The van der Waals surface area contributed by atoms with Gasteiger partial charge in [-0.1, -0.05) is 121 Å². The molecule has 0 saturated carbocycles. The number of aliphatic hydroxyl groups is 1. The quantitative estimate of drug-likeness (QED) is 0.117. The minimum absolute atomic E-state index is 0. The molecule has 0 unspecified atom stereocenters. The van der Waals surface area contributed by atoms with Gasteiger partial charge in [-0.2, -0.15) is 8.42 Å². The van der Waals surface area contributed by atoms with Crippen molar-refractivity contribution in [2.45, 2.75) is 101 Å². The summed E-state index contributed by atoms with van der Waals surface area (Å²) in [4.78, 5) is 10.6. The summed E-state index contributed by atoms with van der Waals surface area (Å²) in [5.41, 5.74) is 3.33. The predicted octanol–water partition coefficient (Wildman–Crippen LogP) is 1.36. The number of oxime groups is 2. The van der Waals surface area contributed by atoms with Crippen LogP contribution in [-0.4, -0.2) is 107 Å². The number of hydrogen-bond donors (Lipinski definition) is 1. The van der Waals surface area contributed by atoms with Crippen LogP contribution in [-0.2, 0) is 60.9 Å². The van der Waals surface area contributed by atoms with E-state index in [1.807, 2.05) is 67.6 Å². The molecule has 3 aliphatic heterocycles. The van der Waals surface area contributed by atoms with Crippen molar-refractivity contribution >= 4 is 21.5 Å². The Labute approximate surface area is 382 Å². The van der Waals surface area contributed by atoms with E-state index in [1.165, 1.54) is 12.1 Å². The maximum absolute atomic E-state index is 12.5. The van der Waals surface area contributed by atoms with E-state index in [2.05, 4.69) is 22.2 Å². The van der Waals surface area contributed by atoms with Gasteiger partial charge in [0, 0.05) is 12.8 Å². The first-order valence-electron chi connectivity index (χ1n) is 19.5. The summed E-state index contributed by atoms with van der Waals surface area (Å²) in [5, 5.41) is 28.0. The molecule has 61 heavy (non-hydrogen) atoms. The maximum Gasteiger partial charge on any atom is 1.00 e. The number of nitrogens with zero attached hydrogens (tertiary/aromatic N) is 2. The van der Waals surface area contributed by atoms with E-state index in [1.54, 1.807) is 32.9 Å². The smallest absolute Gasteiger partial charge is 0.850 e. The Bertz CT molecular complexity index is 1970. The Morgan fingerprint density at radius 2 is 1.38 bits per heavy atom. The van der Waals surface area contributed by atoms with Gasteiger partial charge in [-0.15, -0.1) is 18.4 Å². The average molecular weight is 871 g/mol. The van der Waals surface area contributed by atoms with Gasteiger partial charge in [-0.3, -0.25) is 4.18 Å². The maximum atomic E-state index is 12.5. The molecule has 0 aromatic heterocycles.